The van der Waals surface area contributed by atoms with Gasteiger partial charge < -0.3 is 28.8 Å². The molecule has 0 aromatic rings. The third-order valence-electron chi connectivity index (χ3n) is 12.6. The van der Waals surface area contributed by atoms with E-state index in [1.165, 1.54) is 0 Å². The van der Waals surface area contributed by atoms with Crippen LogP contribution in [0.15, 0.2) is 0 Å². The normalized spacial score (nSPS) is 24.2. The van der Waals surface area contributed by atoms with Crippen molar-refractivity contribution >= 4 is 49.2 Å². The maximum Gasteiger partial charge on any atom is 0.150 e. The Kier molecular flexibility index (Phi) is 26.9. The Labute approximate surface area is 439 Å². The van der Waals surface area contributed by atoms with Crippen LogP contribution >= 0.6 is 0 Å². The van der Waals surface area contributed by atoms with Gasteiger partial charge in [0.15, 0.2) is 19.7 Å². The Morgan fingerprint density at radius 1 is 0.403 bits per heavy atom. The summed E-state index contributed by atoms with van der Waals surface area (Å²) in [5.41, 5.74) is -1.72. The zero-order valence-corrected chi connectivity index (χ0v) is 51.6. The molecule has 0 saturated carbocycles. The summed E-state index contributed by atoms with van der Waals surface area (Å²) in [6, 6.07) is 0. The first-order chi connectivity index (χ1) is 32.1. The molecule has 0 unspecified atom stereocenters. The van der Waals surface area contributed by atoms with E-state index in [0.717, 1.165) is 51.6 Å². The van der Waals surface area contributed by atoms with Crippen LogP contribution in [0.3, 0.4) is 0 Å². The molecule has 0 aliphatic carbocycles. The second-order valence-electron chi connectivity index (χ2n) is 26.1. The van der Waals surface area contributed by atoms with Gasteiger partial charge >= 0.3 is 0 Å². The molecule has 0 aromatic heterocycles. The third-order valence-corrected chi connectivity index (χ3v) is 21.1. The molecule has 5 aliphatic heterocycles. The molecule has 5 saturated heterocycles. The lowest BCUT2D eigenvalue weighted by atomic mass is 9.85. The second kappa shape index (κ2) is 27.9. The number of aliphatic hydroxyl groups is 1. The van der Waals surface area contributed by atoms with Gasteiger partial charge in [0.05, 0.1) is 117 Å². The van der Waals surface area contributed by atoms with Crippen molar-refractivity contribution in [3.05, 3.63) is 0 Å². The molecule has 72 heavy (non-hydrogen) atoms. The van der Waals surface area contributed by atoms with E-state index in [9.17, 15) is 47.2 Å². The first-order valence-corrected chi connectivity index (χ1v) is 35.2. The molecule has 5 heterocycles. The largest absolute Gasteiger partial charge is 0.387 e. The molecule has 1 N–H and O–H groups in total. The molecule has 5 aliphatic rings. The van der Waals surface area contributed by atoms with E-state index < -0.39 is 54.8 Å². The first-order valence-electron chi connectivity index (χ1n) is 26.1. The molecule has 432 valence electrons. The van der Waals surface area contributed by atoms with Crippen molar-refractivity contribution in [3.8, 4) is 0 Å². The molecule has 0 aromatic carbocycles. The Hall–Kier alpha value is -0.490. The fraction of sp³-hybridized carbons (Fsp3) is 1.00. The van der Waals surface area contributed by atoms with Crippen LogP contribution in [0.5, 0.6) is 0 Å². The highest BCUT2D eigenvalue weighted by molar-refractivity contribution is 7.92. The van der Waals surface area contributed by atoms with E-state index in [-0.39, 0.29) is 82.0 Å². The van der Waals surface area contributed by atoms with E-state index >= 15 is 0 Å². The van der Waals surface area contributed by atoms with Crippen molar-refractivity contribution < 1.29 is 70.9 Å². The standard InChI is InChI=1S/2C11H22O3S.C10H20O4S.C10H20O3S.C9H18O3S/c1-10(2,3)14-9-11(4)5-7-15(12,13)8-6-11;1-11(2,3)14-7-4-10-5-8-15(12,13)9-6-10;1-9(2,3)14-8-10(11)4-6-15(12,13)7-5-10;1-10(2,3)13-8-9-4-6-14(11,12)7-5-9;1-9(2,3)12-8-4-6-13(10,11)7-5-8/h5-9H2,1-4H3;10H,4-9H2,1-3H3;11H,4-8H2,1-3H3;9H,4-8H2,1-3H3;8H,4-7H2,1-3H3. The average Bonchev–Trinajstić information content (AvgIpc) is 3.20. The van der Waals surface area contributed by atoms with Crippen molar-refractivity contribution in [1.82, 2.24) is 0 Å². The van der Waals surface area contributed by atoms with E-state index in [0.29, 0.717) is 72.4 Å². The molecule has 0 atom stereocenters. The Bertz CT molecular complexity index is 2030. The predicted molar refractivity (Wildman–Crippen MR) is 292 cm³/mol. The van der Waals surface area contributed by atoms with E-state index in [1.807, 2.05) is 104 Å². The predicted octanol–water partition coefficient (Wildman–Crippen LogP) is 7.78. The number of sulfone groups is 5. The summed E-state index contributed by atoms with van der Waals surface area (Å²) in [4.78, 5) is 0. The monoisotopic (exact) mass is 1130 g/mol. The van der Waals surface area contributed by atoms with Gasteiger partial charge in [-0.3, -0.25) is 0 Å². The van der Waals surface area contributed by atoms with Crippen LogP contribution < -0.4 is 0 Å². The molecule has 21 heteroatoms. The van der Waals surface area contributed by atoms with Gasteiger partial charge in [-0.05, 0) is 192 Å². The van der Waals surface area contributed by atoms with Gasteiger partial charge in [-0.1, -0.05) is 6.92 Å². The molecule has 5 fully saturated rings. The van der Waals surface area contributed by atoms with Crippen LogP contribution in [0.25, 0.3) is 0 Å². The number of ether oxygens (including phenoxy) is 5. The lowest BCUT2D eigenvalue weighted by Gasteiger charge is -2.35. The summed E-state index contributed by atoms with van der Waals surface area (Å²) in [5.74, 6) is 3.72. The summed E-state index contributed by atoms with van der Waals surface area (Å²) in [5, 5.41) is 10.1. The molecule has 0 bridgehead atoms. The second-order valence-corrected chi connectivity index (χ2v) is 37.6. The smallest absolute Gasteiger partial charge is 0.150 e. The van der Waals surface area contributed by atoms with Crippen LogP contribution in [0.2, 0.25) is 0 Å². The zero-order valence-electron chi connectivity index (χ0n) is 47.5. The fourth-order valence-electron chi connectivity index (χ4n) is 7.70. The fourth-order valence-corrected chi connectivity index (χ4v) is 15.7. The highest BCUT2D eigenvalue weighted by atomic mass is 32.2. The minimum atomic E-state index is -2.92. The summed E-state index contributed by atoms with van der Waals surface area (Å²) in [6.45, 7) is 34.4. The van der Waals surface area contributed by atoms with Crippen molar-refractivity contribution in [1.29, 1.82) is 0 Å². The SMILES string of the molecule is CC(C)(C)OC1CCS(=O)(=O)CC1.CC(C)(C)OCC1(O)CCS(=O)(=O)CC1.CC(C)(C)OCC1CCS(=O)(=O)CC1.CC(C)(C)OCCC1CCS(=O)(=O)CC1.CC1(COC(C)(C)C)CCS(=O)(=O)CC1. The number of hydrogen-bond donors (Lipinski definition) is 1. The van der Waals surface area contributed by atoms with Crippen LogP contribution in [-0.2, 0) is 72.9 Å². The molecule has 0 amide bonds. The maximum absolute atomic E-state index is 11.3. The van der Waals surface area contributed by atoms with Crippen molar-refractivity contribution in [3.63, 3.8) is 0 Å². The summed E-state index contributed by atoms with van der Waals surface area (Å²) in [7, 11) is -13.9. The van der Waals surface area contributed by atoms with Crippen LogP contribution in [-0.4, -0.2) is 171 Å². The van der Waals surface area contributed by atoms with Gasteiger partial charge in [0.25, 0.3) is 0 Å². The maximum atomic E-state index is 11.3. The summed E-state index contributed by atoms with van der Waals surface area (Å²) >= 11 is 0. The quantitative estimate of drug-likeness (QED) is 0.220. The Balaban J connectivity index is 0.000000450. The van der Waals surface area contributed by atoms with Crippen molar-refractivity contribution in [2.45, 2.75) is 221 Å². The van der Waals surface area contributed by atoms with Gasteiger partial charge in [0.2, 0.25) is 0 Å². The summed E-state index contributed by atoms with van der Waals surface area (Å²) in [6.07, 6.45) is 7.60. The molecule has 0 spiro atoms. The Morgan fingerprint density at radius 2 is 0.722 bits per heavy atom. The zero-order chi connectivity index (χ0) is 55.9. The molecule has 5 rings (SSSR count). The topological polar surface area (TPSA) is 237 Å². The van der Waals surface area contributed by atoms with E-state index in [2.05, 4.69) is 6.92 Å². The van der Waals surface area contributed by atoms with Gasteiger partial charge in [0.1, 0.15) is 29.5 Å². The first kappa shape index (κ1) is 69.5. The summed E-state index contributed by atoms with van der Waals surface area (Å²) < 4.78 is 140. The van der Waals surface area contributed by atoms with Crippen LogP contribution in [0.1, 0.15) is 181 Å². The average molecular weight is 1130 g/mol. The van der Waals surface area contributed by atoms with Gasteiger partial charge in [-0.15, -0.1) is 0 Å². The Morgan fingerprint density at radius 3 is 1.08 bits per heavy atom. The highest BCUT2D eigenvalue weighted by Gasteiger charge is 2.37. The van der Waals surface area contributed by atoms with Crippen molar-refractivity contribution in [2.75, 3.05) is 84.0 Å². The van der Waals surface area contributed by atoms with Gasteiger partial charge in [0, 0.05) is 6.61 Å². The number of hydrogen-bond acceptors (Lipinski definition) is 16. The third kappa shape index (κ3) is 35.8. The van der Waals surface area contributed by atoms with Crippen LogP contribution in [0.4, 0.5) is 0 Å². The molecule has 16 nitrogen and oxygen atoms in total. The molecular weight excluding hydrogens is 1030 g/mol. The van der Waals surface area contributed by atoms with Crippen LogP contribution in [0, 0.1) is 17.3 Å². The molecular formula is C51H102O16S5. The van der Waals surface area contributed by atoms with Gasteiger partial charge in [-0.2, -0.15) is 0 Å². The van der Waals surface area contributed by atoms with E-state index in [4.69, 9.17) is 23.7 Å². The van der Waals surface area contributed by atoms with Crippen molar-refractivity contribution in [2.24, 2.45) is 17.3 Å². The number of rotatable bonds is 10. The minimum absolute atomic E-state index is 0.0403. The minimum Gasteiger partial charge on any atom is -0.387 e. The lowest BCUT2D eigenvalue weighted by molar-refractivity contribution is -0.102. The van der Waals surface area contributed by atoms with Gasteiger partial charge in [-0.25, -0.2) is 42.1 Å². The van der Waals surface area contributed by atoms with E-state index in [1.54, 1.807) is 0 Å². The highest BCUT2D eigenvalue weighted by Crippen LogP contribution is 2.34. The molecule has 0 radical (unpaired) electrons. The lowest BCUT2D eigenvalue weighted by Crippen LogP contribution is -2.44.